The fourth-order valence-electron chi connectivity index (χ4n) is 9.31. The Balaban J connectivity index is 1.05. The van der Waals surface area contributed by atoms with Gasteiger partial charge in [0.15, 0.2) is 0 Å². The van der Waals surface area contributed by atoms with E-state index in [1.165, 1.54) is 32.9 Å². The highest BCUT2D eigenvalue weighted by Crippen LogP contribution is 2.46. The van der Waals surface area contributed by atoms with Crippen LogP contribution in [0.4, 0.5) is 17.1 Å². The number of para-hydroxylation sites is 2. The summed E-state index contributed by atoms with van der Waals surface area (Å²) in [6, 6.07) is 82.9. The normalized spacial score (nSPS) is 11.6. The van der Waals surface area contributed by atoms with Crippen LogP contribution in [0.2, 0.25) is 0 Å². The number of benzene rings is 10. The van der Waals surface area contributed by atoms with Crippen LogP contribution >= 0.6 is 0 Å². The molecule has 2 aromatic heterocycles. The van der Waals surface area contributed by atoms with Crippen molar-refractivity contribution in [3.63, 3.8) is 0 Å². The lowest BCUT2D eigenvalue weighted by molar-refractivity contribution is 0.672. The first-order valence-electron chi connectivity index (χ1n) is 20.8. The topological polar surface area (TPSA) is 21.3 Å². The van der Waals surface area contributed by atoms with E-state index in [-0.39, 0.29) is 0 Å². The maximum Gasteiger partial charge on any atom is 0.143 e. The number of fused-ring (bicyclic) bond motifs is 8. The molecular formula is C58H38N2O. The fourth-order valence-corrected chi connectivity index (χ4v) is 9.31. The van der Waals surface area contributed by atoms with Gasteiger partial charge in [0.05, 0.1) is 22.1 Å². The number of nitrogens with zero attached hydrogens (tertiary/aromatic N) is 2. The Labute approximate surface area is 353 Å². The molecular weight excluding hydrogens is 741 g/mol. The van der Waals surface area contributed by atoms with Crippen molar-refractivity contribution in [2.24, 2.45) is 0 Å². The van der Waals surface area contributed by atoms with Crippen molar-refractivity contribution in [2.75, 3.05) is 4.90 Å². The monoisotopic (exact) mass is 778 g/mol. The smallest absolute Gasteiger partial charge is 0.143 e. The predicted octanol–water partition coefficient (Wildman–Crippen LogP) is 16.3. The minimum Gasteiger partial charge on any atom is -0.455 e. The summed E-state index contributed by atoms with van der Waals surface area (Å²) in [5.41, 5.74) is 15.4. The summed E-state index contributed by atoms with van der Waals surface area (Å²) in [7, 11) is 0. The molecule has 0 aliphatic heterocycles. The fraction of sp³-hybridized carbons (Fsp3) is 0. The molecule has 0 fully saturated rings. The van der Waals surface area contributed by atoms with E-state index in [1.807, 2.05) is 0 Å². The van der Waals surface area contributed by atoms with Gasteiger partial charge in [-0.15, -0.1) is 0 Å². The molecule has 12 rings (SSSR count). The largest absolute Gasteiger partial charge is 0.455 e. The van der Waals surface area contributed by atoms with Crippen molar-refractivity contribution in [3.05, 3.63) is 231 Å². The molecule has 0 spiro atoms. The second-order valence-electron chi connectivity index (χ2n) is 15.7. The molecule has 0 bridgehead atoms. The van der Waals surface area contributed by atoms with Crippen molar-refractivity contribution in [1.82, 2.24) is 4.57 Å². The van der Waals surface area contributed by atoms with E-state index in [9.17, 15) is 0 Å². The van der Waals surface area contributed by atoms with Crippen LogP contribution in [-0.4, -0.2) is 4.57 Å². The number of anilines is 3. The highest BCUT2D eigenvalue weighted by molar-refractivity contribution is 6.19. The molecule has 0 N–H and O–H groups in total. The third kappa shape index (κ3) is 5.90. The lowest BCUT2D eigenvalue weighted by Gasteiger charge is -2.28. The average Bonchev–Trinajstić information content (AvgIpc) is 3.89. The van der Waals surface area contributed by atoms with Crippen molar-refractivity contribution in [2.45, 2.75) is 0 Å². The minimum absolute atomic E-state index is 0.856. The Morgan fingerprint density at radius 2 is 0.918 bits per heavy atom. The highest BCUT2D eigenvalue weighted by Gasteiger charge is 2.22. The minimum atomic E-state index is 0.856. The standard InChI is InChI=1S/C58H38N2O/c1-3-15-39(16-4-1)44-35-45(40-17-5-2-6-18-40)38-48(37-44)59(55-27-14-28-56-57(55)52-34-31-42-19-7-8-22-49(42)58(52)61-56)46-32-29-41(30-33-46)43-20-13-21-47(36-43)60-53-25-11-9-23-50(53)51-24-10-12-26-54(51)60/h1-38H. The molecule has 2 heterocycles. The van der Waals surface area contributed by atoms with E-state index < -0.39 is 0 Å². The van der Waals surface area contributed by atoms with Crippen LogP contribution in [0.25, 0.3) is 93.6 Å². The van der Waals surface area contributed by atoms with Gasteiger partial charge in [-0.05, 0) is 112 Å². The zero-order valence-corrected chi connectivity index (χ0v) is 33.2. The number of rotatable bonds is 7. The molecule has 0 aliphatic carbocycles. The highest BCUT2D eigenvalue weighted by atomic mass is 16.3. The molecule has 286 valence electrons. The first-order valence-corrected chi connectivity index (χ1v) is 20.8. The van der Waals surface area contributed by atoms with Crippen molar-refractivity contribution in [3.8, 4) is 39.1 Å². The Morgan fingerprint density at radius 3 is 1.61 bits per heavy atom. The van der Waals surface area contributed by atoms with Gasteiger partial charge in [0.2, 0.25) is 0 Å². The van der Waals surface area contributed by atoms with Crippen molar-refractivity contribution >= 4 is 71.6 Å². The Morgan fingerprint density at radius 1 is 0.344 bits per heavy atom. The molecule has 3 nitrogen and oxygen atoms in total. The third-order valence-electron chi connectivity index (χ3n) is 12.1. The van der Waals surface area contributed by atoms with E-state index in [4.69, 9.17) is 4.42 Å². The van der Waals surface area contributed by atoms with E-state index >= 15 is 0 Å². The molecule has 0 saturated heterocycles. The van der Waals surface area contributed by atoms with Crippen LogP contribution in [0.15, 0.2) is 235 Å². The SMILES string of the molecule is c1ccc(-c2cc(-c3ccccc3)cc(N(c3ccc(-c4cccc(-n5c6ccccc6c6ccccc65)c4)cc3)c3cccc4oc5c6ccccc6ccc5c34)c2)cc1. The number of hydrogen-bond acceptors (Lipinski definition) is 2. The van der Waals surface area contributed by atoms with Gasteiger partial charge < -0.3 is 13.9 Å². The molecule has 61 heavy (non-hydrogen) atoms. The molecule has 12 aromatic rings. The van der Waals surface area contributed by atoms with Crippen LogP contribution in [0.1, 0.15) is 0 Å². The molecule has 0 amide bonds. The van der Waals surface area contributed by atoms with E-state index in [0.29, 0.717) is 0 Å². The van der Waals surface area contributed by atoms with Gasteiger partial charge in [-0.25, -0.2) is 0 Å². The van der Waals surface area contributed by atoms with Gasteiger partial charge >= 0.3 is 0 Å². The lowest BCUT2D eigenvalue weighted by Crippen LogP contribution is -2.11. The predicted molar refractivity (Wildman–Crippen MR) is 257 cm³/mol. The Bertz CT molecular complexity index is 3470. The van der Waals surface area contributed by atoms with Gasteiger partial charge in [0, 0.05) is 38.6 Å². The van der Waals surface area contributed by atoms with Gasteiger partial charge in [-0.1, -0.05) is 158 Å². The Hall–Kier alpha value is -8.14. The molecule has 10 aromatic carbocycles. The first kappa shape index (κ1) is 34.9. The van der Waals surface area contributed by atoms with E-state index in [2.05, 4.69) is 240 Å². The second kappa shape index (κ2) is 14.3. The molecule has 0 atom stereocenters. The maximum atomic E-state index is 6.76. The molecule has 0 saturated carbocycles. The van der Waals surface area contributed by atoms with Crippen LogP contribution in [0.5, 0.6) is 0 Å². The maximum absolute atomic E-state index is 6.76. The summed E-state index contributed by atoms with van der Waals surface area (Å²) in [6.45, 7) is 0. The first-order chi connectivity index (χ1) is 30.2. The molecule has 0 radical (unpaired) electrons. The summed E-state index contributed by atoms with van der Waals surface area (Å²) in [6.07, 6.45) is 0. The van der Waals surface area contributed by atoms with Crippen LogP contribution in [0, 0.1) is 0 Å². The third-order valence-corrected chi connectivity index (χ3v) is 12.1. The number of hydrogen-bond donors (Lipinski definition) is 0. The van der Waals surface area contributed by atoms with Crippen molar-refractivity contribution in [1.29, 1.82) is 0 Å². The van der Waals surface area contributed by atoms with Gasteiger partial charge in [-0.3, -0.25) is 0 Å². The summed E-state index contributed by atoms with van der Waals surface area (Å²) in [5, 5.41) is 6.96. The summed E-state index contributed by atoms with van der Waals surface area (Å²) >= 11 is 0. The molecule has 0 unspecified atom stereocenters. The second-order valence-corrected chi connectivity index (χ2v) is 15.7. The van der Waals surface area contributed by atoms with Gasteiger partial charge in [-0.2, -0.15) is 0 Å². The summed E-state index contributed by atoms with van der Waals surface area (Å²) < 4.78 is 9.14. The summed E-state index contributed by atoms with van der Waals surface area (Å²) in [4.78, 5) is 2.41. The number of aromatic nitrogens is 1. The average molecular weight is 779 g/mol. The summed E-state index contributed by atoms with van der Waals surface area (Å²) in [5.74, 6) is 0. The van der Waals surface area contributed by atoms with Gasteiger partial charge in [0.1, 0.15) is 11.2 Å². The van der Waals surface area contributed by atoms with Crippen LogP contribution in [0.3, 0.4) is 0 Å². The van der Waals surface area contributed by atoms with Crippen molar-refractivity contribution < 1.29 is 4.42 Å². The zero-order valence-electron chi connectivity index (χ0n) is 33.2. The zero-order chi connectivity index (χ0) is 40.3. The lowest BCUT2D eigenvalue weighted by atomic mass is 9.96. The Kier molecular flexibility index (Phi) is 8.17. The van der Waals surface area contributed by atoms with E-state index in [0.717, 1.165) is 77.7 Å². The quantitative estimate of drug-likeness (QED) is 0.161. The van der Waals surface area contributed by atoms with E-state index in [1.54, 1.807) is 0 Å². The van der Waals surface area contributed by atoms with Crippen LogP contribution in [-0.2, 0) is 0 Å². The number of furan rings is 1. The molecule has 0 aliphatic rings. The van der Waals surface area contributed by atoms with Crippen LogP contribution < -0.4 is 4.90 Å². The van der Waals surface area contributed by atoms with Gasteiger partial charge in [0.25, 0.3) is 0 Å². The molecule has 3 heteroatoms.